The SMILES string of the molecule is Cc1cccc2c1NC(=O)[C@@](O)(c1ccccc1)C2. The number of fused-ring (bicyclic) bond motifs is 1. The first-order valence-electron chi connectivity index (χ1n) is 6.29. The summed E-state index contributed by atoms with van der Waals surface area (Å²) in [5.41, 5.74) is 1.95. The minimum atomic E-state index is -1.48. The van der Waals surface area contributed by atoms with Gasteiger partial charge in [-0.25, -0.2) is 0 Å². The summed E-state index contributed by atoms with van der Waals surface area (Å²) >= 11 is 0. The van der Waals surface area contributed by atoms with E-state index in [1.165, 1.54) is 0 Å². The molecule has 0 bridgehead atoms. The molecule has 1 atom stereocenters. The average molecular weight is 253 g/mol. The second-order valence-electron chi connectivity index (χ2n) is 4.97. The minimum Gasteiger partial charge on any atom is -0.375 e. The Hall–Kier alpha value is -2.13. The maximum absolute atomic E-state index is 12.3. The minimum absolute atomic E-state index is 0.305. The molecule has 1 heterocycles. The van der Waals surface area contributed by atoms with Crippen LogP contribution in [0, 0.1) is 6.92 Å². The third-order valence-corrected chi connectivity index (χ3v) is 3.67. The quantitative estimate of drug-likeness (QED) is 0.819. The van der Waals surface area contributed by atoms with Gasteiger partial charge in [0.05, 0.1) is 0 Å². The second kappa shape index (κ2) is 4.21. The molecule has 0 aliphatic carbocycles. The van der Waals surface area contributed by atoms with E-state index in [2.05, 4.69) is 5.32 Å². The molecule has 3 rings (SSSR count). The Balaban J connectivity index is 2.09. The molecule has 3 nitrogen and oxygen atoms in total. The summed E-state index contributed by atoms with van der Waals surface area (Å²) in [6, 6.07) is 14.9. The van der Waals surface area contributed by atoms with E-state index in [0.29, 0.717) is 12.0 Å². The molecule has 1 aliphatic heterocycles. The molecule has 2 N–H and O–H groups in total. The summed E-state index contributed by atoms with van der Waals surface area (Å²) in [7, 11) is 0. The first-order valence-corrected chi connectivity index (χ1v) is 6.29. The number of amides is 1. The van der Waals surface area contributed by atoms with Crippen LogP contribution in [0.15, 0.2) is 48.5 Å². The van der Waals surface area contributed by atoms with E-state index < -0.39 is 5.60 Å². The van der Waals surface area contributed by atoms with Crippen molar-refractivity contribution in [1.29, 1.82) is 0 Å². The van der Waals surface area contributed by atoms with E-state index >= 15 is 0 Å². The molecule has 0 unspecified atom stereocenters. The first-order chi connectivity index (χ1) is 9.11. The Kier molecular flexibility index (Phi) is 2.64. The highest BCUT2D eigenvalue weighted by Crippen LogP contribution is 2.36. The Labute approximate surface area is 111 Å². The van der Waals surface area contributed by atoms with Crippen LogP contribution >= 0.6 is 0 Å². The Morgan fingerprint density at radius 3 is 2.58 bits per heavy atom. The Bertz CT molecular complexity index is 636. The molecule has 2 aromatic carbocycles. The van der Waals surface area contributed by atoms with Crippen molar-refractivity contribution in [1.82, 2.24) is 0 Å². The summed E-state index contributed by atoms with van der Waals surface area (Å²) in [6.07, 6.45) is 0.305. The van der Waals surface area contributed by atoms with Gasteiger partial charge in [0, 0.05) is 12.1 Å². The smallest absolute Gasteiger partial charge is 0.261 e. The lowest BCUT2D eigenvalue weighted by atomic mass is 9.82. The number of hydrogen-bond donors (Lipinski definition) is 2. The van der Waals surface area contributed by atoms with E-state index in [1.54, 1.807) is 12.1 Å². The van der Waals surface area contributed by atoms with Gasteiger partial charge in [-0.2, -0.15) is 0 Å². The monoisotopic (exact) mass is 253 g/mol. The molecule has 0 saturated heterocycles. The summed E-state index contributed by atoms with van der Waals surface area (Å²) in [5.74, 6) is -0.361. The van der Waals surface area contributed by atoms with Crippen LogP contribution in [0.4, 0.5) is 5.69 Å². The second-order valence-corrected chi connectivity index (χ2v) is 4.97. The maximum atomic E-state index is 12.3. The highest BCUT2D eigenvalue weighted by atomic mass is 16.3. The largest absolute Gasteiger partial charge is 0.375 e. The van der Waals surface area contributed by atoms with Crippen molar-refractivity contribution < 1.29 is 9.90 Å². The topological polar surface area (TPSA) is 49.3 Å². The molecule has 1 aliphatic rings. The van der Waals surface area contributed by atoms with Crippen LogP contribution in [0.25, 0.3) is 0 Å². The number of aliphatic hydroxyl groups is 1. The van der Waals surface area contributed by atoms with Crippen LogP contribution in [0.2, 0.25) is 0 Å². The third-order valence-electron chi connectivity index (χ3n) is 3.67. The summed E-state index contributed by atoms with van der Waals surface area (Å²) < 4.78 is 0. The lowest BCUT2D eigenvalue weighted by molar-refractivity contribution is -0.135. The van der Waals surface area contributed by atoms with Crippen molar-refractivity contribution in [3.8, 4) is 0 Å². The Morgan fingerprint density at radius 1 is 1.11 bits per heavy atom. The number of benzene rings is 2. The van der Waals surface area contributed by atoms with Crippen LogP contribution < -0.4 is 5.32 Å². The van der Waals surface area contributed by atoms with E-state index in [-0.39, 0.29) is 5.91 Å². The number of nitrogens with one attached hydrogen (secondary N) is 1. The van der Waals surface area contributed by atoms with Gasteiger partial charge in [0.1, 0.15) is 0 Å². The zero-order chi connectivity index (χ0) is 13.5. The van der Waals surface area contributed by atoms with Crippen molar-refractivity contribution in [3.05, 3.63) is 65.2 Å². The zero-order valence-corrected chi connectivity index (χ0v) is 10.7. The van der Waals surface area contributed by atoms with Gasteiger partial charge in [0.2, 0.25) is 0 Å². The van der Waals surface area contributed by atoms with Crippen LogP contribution in [0.5, 0.6) is 0 Å². The normalized spacial score (nSPS) is 21.7. The Morgan fingerprint density at radius 2 is 1.84 bits per heavy atom. The molecule has 0 radical (unpaired) electrons. The predicted octanol–water partition coefficient (Wildman–Crippen LogP) is 2.38. The molecule has 96 valence electrons. The van der Waals surface area contributed by atoms with Gasteiger partial charge in [-0.05, 0) is 23.6 Å². The lowest BCUT2D eigenvalue weighted by Gasteiger charge is -2.33. The molecule has 1 amide bonds. The van der Waals surface area contributed by atoms with Crippen molar-refractivity contribution in [3.63, 3.8) is 0 Å². The molecule has 0 spiro atoms. The fourth-order valence-electron chi connectivity index (χ4n) is 2.57. The number of carbonyl (C=O) groups is 1. The van der Waals surface area contributed by atoms with Crippen molar-refractivity contribution in [2.24, 2.45) is 0 Å². The summed E-state index contributed by atoms with van der Waals surface area (Å²) in [6.45, 7) is 1.95. The van der Waals surface area contributed by atoms with Crippen LogP contribution in [0.1, 0.15) is 16.7 Å². The first kappa shape index (κ1) is 11.9. The third kappa shape index (κ3) is 1.83. The fourth-order valence-corrected chi connectivity index (χ4v) is 2.57. The van der Waals surface area contributed by atoms with Crippen LogP contribution in [-0.4, -0.2) is 11.0 Å². The van der Waals surface area contributed by atoms with Crippen molar-refractivity contribution >= 4 is 11.6 Å². The van der Waals surface area contributed by atoms with Gasteiger partial charge in [-0.1, -0.05) is 48.5 Å². The summed E-state index contributed by atoms with van der Waals surface area (Å²) in [4.78, 5) is 12.3. The van der Waals surface area contributed by atoms with Crippen LogP contribution in [-0.2, 0) is 16.8 Å². The number of aryl methyl sites for hydroxylation is 1. The maximum Gasteiger partial charge on any atom is 0.261 e. The highest BCUT2D eigenvalue weighted by Gasteiger charge is 2.42. The predicted molar refractivity (Wildman–Crippen MR) is 73.9 cm³/mol. The van der Waals surface area contributed by atoms with E-state index in [1.807, 2.05) is 43.3 Å². The fraction of sp³-hybridized carbons (Fsp3) is 0.188. The van der Waals surface area contributed by atoms with Crippen molar-refractivity contribution in [2.45, 2.75) is 18.9 Å². The van der Waals surface area contributed by atoms with Crippen molar-refractivity contribution in [2.75, 3.05) is 5.32 Å². The van der Waals surface area contributed by atoms with Gasteiger partial charge in [-0.15, -0.1) is 0 Å². The lowest BCUT2D eigenvalue weighted by Crippen LogP contribution is -2.45. The number of anilines is 1. The highest BCUT2D eigenvalue weighted by molar-refractivity contribution is 6.01. The molecule has 3 heteroatoms. The van der Waals surface area contributed by atoms with E-state index in [4.69, 9.17) is 0 Å². The average Bonchev–Trinajstić information content (AvgIpc) is 2.42. The molecule has 0 saturated carbocycles. The van der Waals surface area contributed by atoms with Crippen LogP contribution in [0.3, 0.4) is 0 Å². The molecule has 19 heavy (non-hydrogen) atoms. The van der Waals surface area contributed by atoms with Gasteiger partial charge < -0.3 is 10.4 Å². The number of hydrogen-bond acceptors (Lipinski definition) is 2. The van der Waals surface area contributed by atoms with Gasteiger partial charge in [0.15, 0.2) is 5.60 Å². The van der Waals surface area contributed by atoms with E-state index in [9.17, 15) is 9.90 Å². The standard InChI is InChI=1S/C16H15NO2/c1-11-6-5-7-12-10-16(19,15(18)17-14(11)12)13-8-3-2-4-9-13/h2-9,19H,10H2,1H3,(H,17,18)/t16-/m0/s1. The zero-order valence-electron chi connectivity index (χ0n) is 10.7. The van der Waals surface area contributed by atoms with Gasteiger partial charge >= 0.3 is 0 Å². The number of para-hydroxylation sites is 1. The molecular formula is C16H15NO2. The number of carbonyl (C=O) groups excluding carboxylic acids is 1. The van der Waals surface area contributed by atoms with Gasteiger partial charge in [-0.3, -0.25) is 4.79 Å². The summed E-state index contributed by atoms with van der Waals surface area (Å²) in [5, 5.41) is 13.6. The molecule has 0 aromatic heterocycles. The molecule has 2 aromatic rings. The molecular weight excluding hydrogens is 238 g/mol. The van der Waals surface area contributed by atoms with E-state index in [0.717, 1.165) is 16.8 Å². The van der Waals surface area contributed by atoms with Gasteiger partial charge in [0.25, 0.3) is 5.91 Å². The molecule has 0 fully saturated rings. The number of rotatable bonds is 1.